The van der Waals surface area contributed by atoms with Gasteiger partial charge in [-0.15, -0.1) is 0 Å². The molecule has 1 aromatic carbocycles. The number of non-ortho nitro benzene ring substituents is 1. The molecule has 6 nitrogen and oxygen atoms in total. The fourth-order valence-corrected chi connectivity index (χ4v) is 1.44. The first-order valence-corrected chi connectivity index (χ1v) is 4.85. The Morgan fingerprint density at radius 1 is 1.57 bits per heavy atom. The smallest absolute Gasteiger partial charge is 0.270 e. The van der Waals surface area contributed by atoms with Crippen molar-refractivity contribution in [3.8, 4) is 0 Å². The normalized spacial score (nSPS) is 11.2. The van der Waals surface area contributed by atoms with Crippen molar-refractivity contribution in [2.24, 2.45) is 0 Å². The predicted molar refractivity (Wildman–Crippen MR) is 46.1 cm³/mol. The molecule has 0 unspecified atom stereocenters. The fourth-order valence-electron chi connectivity index (χ4n) is 0.781. The van der Waals surface area contributed by atoms with E-state index in [0.717, 1.165) is 25.3 Å². The van der Waals surface area contributed by atoms with Crippen molar-refractivity contribution in [2.45, 2.75) is 4.90 Å². The lowest BCUT2D eigenvalue weighted by Gasteiger charge is -1.99. The second kappa shape index (κ2) is 3.72. The topological polar surface area (TPSA) is 86.5 Å². The summed E-state index contributed by atoms with van der Waals surface area (Å²) in [4.78, 5) is 9.28. The second-order valence-corrected chi connectivity index (χ2v) is 3.97. The highest BCUT2D eigenvalue weighted by Crippen LogP contribution is 2.17. The van der Waals surface area contributed by atoms with Gasteiger partial charge in [0.15, 0.2) is 0 Å². The van der Waals surface area contributed by atoms with E-state index in [-0.39, 0.29) is 10.6 Å². The zero-order valence-electron chi connectivity index (χ0n) is 7.13. The third kappa shape index (κ3) is 2.06. The maximum absolute atomic E-state index is 11.1. The molecule has 0 fully saturated rings. The third-order valence-corrected chi connectivity index (χ3v) is 2.67. The van der Waals surface area contributed by atoms with E-state index >= 15 is 0 Å². The van der Waals surface area contributed by atoms with Gasteiger partial charge in [0, 0.05) is 18.2 Å². The molecule has 0 spiro atoms. The second-order valence-electron chi connectivity index (χ2n) is 2.29. The summed E-state index contributed by atoms with van der Waals surface area (Å²) >= 11 is 0. The van der Waals surface area contributed by atoms with E-state index in [9.17, 15) is 18.5 Å². The Morgan fingerprint density at radius 3 is 2.71 bits per heavy atom. The van der Waals surface area contributed by atoms with E-state index in [2.05, 4.69) is 10.2 Å². The van der Waals surface area contributed by atoms with Crippen molar-refractivity contribution in [2.75, 3.05) is 7.11 Å². The molecular weight excluding hydrogens is 210 g/mol. The first-order valence-electron chi connectivity index (χ1n) is 3.44. The number of nitro groups is 1. The largest absolute Gasteiger partial charge is 0.297 e. The first kappa shape index (κ1) is 10.6. The van der Waals surface area contributed by atoms with Crippen LogP contribution in [-0.2, 0) is 14.3 Å². The molecule has 0 saturated heterocycles. The SMILES string of the molecule is COS(=O)(=O)c1[c]ccc([N+](=O)[O-])c1. The Labute approximate surface area is 80.4 Å². The summed E-state index contributed by atoms with van der Waals surface area (Å²) in [7, 11) is -2.94. The van der Waals surface area contributed by atoms with Crippen molar-refractivity contribution in [3.63, 3.8) is 0 Å². The van der Waals surface area contributed by atoms with Crippen LogP contribution >= 0.6 is 0 Å². The molecule has 0 amide bonds. The van der Waals surface area contributed by atoms with E-state index in [0.29, 0.717) is 0 Å². The van der Waals surface area contributed by atoms with Crippen LogP contribution < -0.4 is 0 Å². The van der Waals surface area contributed by atoms with Crippen molar-refractivity contribution in [1.29, 1.82) is 0 Å². The Morgan fingerprint density at radius 2 is 2.21 bits per heavy atom. The van der Waals surface area contributed by atoms with Gasteiger partial charge in [0.25, 0.3) is 15.8 Å². The Balaban J connectivity index is 3.26. The Hall–Kier alpha value is -1.47. The van der Waals surface area contributed by atoms with E-state index in [1.54, 1.807) is 0 Å². The van der Waals surface area contributed by atoms with E-state index in [1.165, 1.54) is 0 Å². The molecule has 0 heterocycles. The van der Waals surface area contributed by atoms with Gasteiger partial charge < -0.3 is 0 Å². The van der Waals surface area contributed by atoms with Crippen LogP contribution in [0.2, 0.25) is 0 Å². The minimum absolute atomic E-state index is 0.320. The monoisotopic (exact) mass is 216 g/mol. The molecule has 7 heteroatoms. The molecule has 0 atom stereocenters. The van der Waals surface area contributed by atoms with Crippen LogP contribution in [-0.4, -0.2) is 20.5 Å². The highest BCUT2D eigenvalue weighted by Gasteiger charge is 2.16. The lowest BCUT2D eigenvalue weighted by Crippen LogP contribution is -2.03. The van der Waals surface area contributed by atoms with E-state index in [1.807, 2.05) is 0 Å². The van der Waals surface area contributed by atoms with Crippen molar-refractivity contribution < 1.29 is 17.5 Å². The minimum Gasteiger partial charge on any atom is -0.270 e. The molecule has 1 aromatic rings. The summed E-state index contributed by atoms with van der Waals surface area (Å²) in [5, 5.41) is 10.3. The highest BCUT2D eigenvalue weighted by atomic mass is 32.2. The molecule has 0 aliphatic rings. The lowest BCUT2D eigenvalue weighted by atomic mass is 10.3. The maximum atomic E-state index is 11.1. The Kier molecular flexibility index (Phi) is 2.82. The summed E-state index contributed by atoms with van der Waals surface area (Å²) in [5.41, 5.74) is -0.320. The van der Waals surface area contributed by atoms with Crippen LogP contribution in [0, 0.1) is 16.2 Å². The molecule has 0 N–H and O–H groups in total. The molecule has 1 radical (unpaired) electrons. The van der Waals surface area contributed by atoms with Gasteiger partial charge in [0.1, 0.15) is 4.90 Å². The zero-order chi connectivity index (χ0) is 10.8. The molecule has 75 valence electrons. The van der Waals surface area contributed by atoms with Crippen LogP contribution in [0.25, 0.3) is 0 Å². The van der Waals surface area contributed by atoms with E-state index < -0.39 is 15.0 Å². The number of nitrogens with zero attached hydrogens (tertiary/aromatic N) is 1. The molecule has 0 aliphatic heterocycles. The lowest BCUT2D eigenvalue weighted by molar-refractivity contribution is -0.385. The Bertz CT molecular complexity index is 453. The number of hydrogen-bond acceptors (Lipinski definition) is 5. The fraction of sp³-hybridized carbons (Fsp3) is 0.143. The van der Waals surface area contributed by atoms with Crippen LogP contribution in [0.5, 0.6) is 0 Å². The quantitative estimate of drug-likeness (QED) is 0.422. The molecule has 1 rings (SSSR count). The summed E-state index contributed by atoms with van der Waals surface area (Å²) in [6.45, 7) is 0. The van der Waals surface area contributed by atoms with Gasteiger partial charge in [0.05, 0.1) is 12.0 Å². The first-order chi connectivity index (χ1) is 6.47. The number of benzene rings is 1. The van der Waals surface area contributed by atoms with Crippen LogP contribution in [0.15, 0.2) is 23.1 Å². The van der Waals surface area contributed by atoms with Gasteiger partial charge in [-0.2, -0.15) is 8.42 Å². The standard InChI is InChI=1S/C7H6NO5S/c1-13-14(11,12)7-4-2-3-6(5-7)8(9)10/h2-3,5H,1H3. The molecular formula is C7H6NO5S. The van der Waals surface area contributed by atoms with Gasteiger partial charge in [0.2, 0.25) is 0 Å². The average Bonchev–Trinajstić information content (AvgIpc) is 2.18. The van der Waals surface area contributed by atoms with Crippen LogP contribution in [0.1, 0.15) is 0 Å². The van der Waals surface area contributed by atoms with Gasteiger partial charge in [-0.25, -0.2) is 0 Å². The summed E-state index contributed by atoms with van der Waals surface area (Å²) in [6.07, 6.45) is 0. The van der Waals surface area contributed by atoms with E-state index in [4.69, 9.17) is 0 Å². The van der Waals surface area contributed by atoms with Crippen LogP contribution in [0.3, 0.4) is 0 Å². The summed E-state index contributed by atoms with van der Waals surface area (Å²) in [5.74, 6) is 0. The highest BCUT2D eigenvalue weighted by molar-refractivity contribution is 7.86. The third-order valence-electron chi connectivity index (χ3n) is 1.46. The summed E-state index contributed by atoms with van der Waals surface area (Å²) < 4.78 is 26.4. The number of hydrogen-bond donors (Lipinski definition) is 0. The molecule has 0 bridgehead atoms. The predicted octanol–water partition coefficient (Wildman–Crippen LogP) is 0.730. The van der Waals surface area contributed by atoms with Crippen molar-refractivity contribution in [1.82, 2.24) is 0 Å². The van der Waals surface area contributed by atoms with Gasteiger partial charge in [-0.05, 0) is 6.07 Å². The van der Waals surface area contributed by atoms with Crippen LogP contribution in [0.4, 0.5) is 5.69 Å². The maximum Gasteiger partial charge on any atom is 0.297 e. The minimum atomic E-state index is -3.91. The molecule has 0 saturated carbocycles. The number of nitro benzene ring substituents is 1. The molecule has 14 heavy (non-hydrogen) atoms. The molecule has 0 aromatic heterocycles. The van der Waals surface area contributed by atoms with Gasteiger partial charge in [-0.1, -0.05) is 0 Å². The molecule has 0 aliphatic carbocycles. The van der Waals surface area contributed by atoms with Gasteiger partial charge in [-0.3, -0.25) is 14.3 Å². The summed E-state index contributed by atoms with van der Waals surface area (Å²) in [6, 6.07) is 5.53. The zero-order valence-corrected chi connectivity index (χ0v) is 7.95. The van der Waals surface area contributed by atoms with Crippen molar-refractivity contribution >= 4 is 15.8 Å². The van der Waals surface area contributed by atoms with Crippen molar-refractivity contribution in [3.05, 3.63) is 34.4 Å². The average molecular weight is 216 g/mol. The van der Waals surface area contributed by atoms with Gasteiger partial charge >= 0.3 is 0 Å². The number of rotatable bonds is 3.